The summed E-state index contributed by atoms with van der Waals surface area (Å²) in [4.78, 5) is 14.8. The maximum Gasteiger partial charge on any atom is 0.243 e. The van der Waals surface area contributed by atoms with Gasteiger partial charge < -0.3 is 4.90 Å². The van der Waals surface area contributed by atoms with Crippen molar-refractivity contribution in [2.75, 3.05) is 24.5 Å². The summed E-state index contributed by atoms with van der Waals surface area (Å²) in [6.07, 6.45) is 4.11. The molecule has 0 saturated carbocycles. The summed E-state index contributed by atoms with van der Waals surface area (Å²) in [6, 6.07) is 7.43. The molecular formula is C23H24F2N2O3S. The molecule has 2 heterocycles. The van der Waals surface area contributed by atoms with Crippen LogP contribution in [0.15, 0.2) is 35.2 Å². The van der Waals surface area contributed by atoms with Crippen molar-refractivity contribution in [2.45, 2.75) is 43.4 Å². The zero-order chi connectivity index (χ0) is 21.8. The number of rotatable bonds is 3. The van der Waals surface area contributed by atoms with E-state index in [2.05, 4.69) is 0 Å². The Kier molecular flexibility index (Phi) is 5.09. The van der Waals surface area contributed by atoms with Gasteiger partial charge in [-0.25, -0.2) is 17.2 Å². The van der Waals surface area contributed by atoms with Crippen molar-refractivity contribution in [3.63, 3.8) is 0 Å². The zero-order valence-corrected chi connectivity index (χ0v) is 17.9. The number of hydrogen-bond donors (Lipinski definition) is 0. The molecule has 5 nitrogen and oxygen atoms in total. The third-order valence-electron chi connectivity index (χ3n) is 6.79. The first-order valence-electron chi connectivity index (χ1n) is 10.8. The Hall–Kier alpha value is -2.32. The van der Waals surface area contributed by atoms with E-state index in [9.17, 15) is 22.0 Å². The van der Waals surface area contributed by atoms with Crippen molar-refractivity contribution in [3.8, 4) is 0 Å². The SMILES string of the molecule is O=C(C1CCN(S(=O)(=O)c2ccc3c(c2)CCC3)CC1)N1CCc2c(F)cc(F)cc21. The number of nitrogens with zero attached hydrogens (tertiary/aromatic N) is 2. The Morgan fingerprint density at radius 2 is 1.68 bits per heavy atom. The van der Waals surface area contributed by atoms with Crippen molar-refractivity contribution in [3.05, 3.63) is 58.7 Å². The standard InChI is InChI=1S/C23H24F2N2O3S/c24-18-13-21(25)20-8-11-27(22(20)14-18)23(28)16-6-9-26(10-7-16)31(29,30)19-5-4-15-2-1-3-17(15)12-19/h4-5,12-14,16H,1-3,6-11H2. The Balaban J connectivity index is 1.28. The van der Waals surface area contributed by atoms with Gasteiger partial charge in [-0.15, -0.1) is 0 Å². The van der Waals surface area contributed by atoms with Gasteiger partial charge in [0, 0.05) is 37.2 Å². The fraction of sp³-hybridized carbons (Fsp3) is 0.435. The van der Waals surface area contributed by atoms with Gasteiger partial charge in [0.1, 0.15) is 11.6 Å². The Labute approximate surface area is 180 Å². The minimum atomic E-state index is -3.60. The van der Waals surface area contributed by atoms with Crippen molar-refractivity contribution in [2.24, 2.45) is 5.92 Å². The lowest BCUT2D eigenvalue weighted by molar-refractivity contribution is -0.123. The first-order chi connectivity index (χ1) is 14.8. The second-order valence-electron chi connectivity index (χ2n) is 8.59. The number of halogens is 2. The summed E-state index contributed by atoms with van der Waals surface area (Å²) < 4.78 is 55.3. The molecule has 0 spiro atoms. The molecule has 8 heteroatoms. The maximum absolute atomic E-state index is 14.0. The smallest absolute Gasteiger partial charge is 0.243 e. The van der Waals surface area contributed by atoms with E-state index in [1.807, 2.05) is 6.07 Å². The van der Waals surface area contributed by atoms with E-state index in [1.165, 1.54) is 20.8 Å². The lowest BCUT2D eigenvalue weighted by Gasteiger charge is -2.32. The van der Waals surface area contributed by atoms with Gasteiger partial charge in [0.05, 0.1) is 10.6 Å². The Bertz CT molecular complexity index is 1160. The molecule has 0 aromatic heterocycles. The molecule has 1 saturated heterocycles. The first-order valence-corrected chi connectivity index (χ1v) is 12.2. The van der Waals surface area contributed by atoms with Gasteiger partial charge in [0.2, 0.25) is 15.9 Å². The molecule has 164 valence electrons. The summed E-state index contributed by atoms with van der Waals surface area (Å²) in [7, 11) is -3.60. The first kappa shape index (κ1) is 20.6. The van der Waals surface area contributed by atoms with E-state index in [0.717, 1.165) is 30.9 Å². The van der Waals surface area contributed by atoms with Crippen molar-refractivity contribution >= 4 is 21.6 Å². The molecule has 1 fully saturated rings. The number of aryl methyl sites for hydroxylation is 2. The van der Waals surface area contributed by atoms with E-state index in [-0.39, 0.29) is 24.9 Å². The number of carbonyl (C=O) groups is 1. The van der Waals surface area contributed by atoms with Gasteiger partial charge >= 0.3 is 0 Å². The Morgan fingerprint density at radius 3 is 2.45 bits per heavy atom. The average Bonchev–Trinajstić information content (AvgIpc) is 3.39. The monoisotopic (exact) mass is 446 g/mol. The van der Waals surface area contributed by atoms with Crippen LogP contribution in [0.25, 0.3) is 0 Å². The predicted molar refractivity (Wildman–Crippen MR) is 112 cm³/mol. The van der Waals surface area contributed by atoms with Crippen LogP contribution in [-0.2, 0) is 34.1 Å². The van der Waals surface area contributed by atoms with E-state index in [4.69, 9.17) is 0 Å². The summed E-state index contributed by atoms with van der Waals surface area (Å²) in [6.45, 7) is 0.838. The van der Waals surface area contributed by atoms with Crippen LogP contribution in [0.5, 0.6) is 0 Å². The van der Waals surface area contributed by atoms with Gasteiger partial charge in [0.25, 0.3) is 0 Å². The topological polar surface area (TPSA) is 57.7 Å². The van der Waals surface area contributed by atoms with Crippen LogP contribution in [0.2, 0.25) is 0 Å². The average molecular weight is 447 g/mol. The fourth-order valence-electron chi connectivity index (χ4n) is 5.07. The normalized spacial score (nSPS) is 19.5. The second kappa shape index (κ2) is 7.67. The summed E-state index contributed by atoms with van der Waals surface area (Å²) >= 11 is 0. The van der Waals surface area contributed by atoms with E-state index >= 15 is 0 Å². The van der Waals surface area contributed by atoms with Crippen LogP contribution < -0.4 is 4.90 Å². The van der Waals surface area contributed by atoms with Crippen LogP contribution in [0.4, 0.5) is 14.5 Å². The highest BCUT2D eigenvalue weighted by atomic mass is 32.2. The van der Waals surface area contributed by atoms with Crippen molar-refractivity contribution < 1.29 is 22.0 Å². The molecule has 0 radical (unpaired) electrons. The van der Waals surface area contributed by atoms with Gasteiger partial charge in [-0.3, -0.25) is 4.79 Å². The highest BCUT2D eigenvalue weighted by Gasteiger charge is 2.37. The van der Waals surface area contributed by atoms with Gasteiger partial charge in [0.15, 0.2) is 0 Å². The number of benzene rings is 2. The molecule has 2 aromatic rings. The minimum Gasteiger partial charge on any atom is -0.311 e. The third-order valence-corrected chi connectivity index (χ3v) is 8.68. The molecule has 2 aliphatic heterocycles. The number of carbonyl (C=O) groups excluding carboxylic acids is 1. The molecule has 2 aromatic carbocycles. The third kappa shape index (κ3) is 3.55. The largest absolute Gasteiger partial charge is 0.311 e. The Morgan fingerprint density at radius 1 is 0.935 bits per heavy atom. The number of hydrogen-bond acceptors (Lipinski definition) is 3. The van der Waals surface area contributed by atoms with E-state index in [0.29, 0.717) is 42.0 Å². The molecule has 3 aliphatic rings. The van der Waals surface area contributed by atoms with Crippen LogP contribution in [0.1, 0.15) is 36.0 Å². The molecule has 0 atom stereocenters. The molecule has 1 amide bonds. The number of piperidine rings is 1. The molecule has 0 bridgehead atoms. The van der Waals surface area contributed by atoms with Gasteiger partial charge in [-0.05, 0) is 67.9 Å². The number of anilines is 1. The molecule has 0 unspecified atom stereocenters. The highest BCUT2D eigenvalue weighted by molar-refractivity contribution is 7.89. The molecular weight excluding hydrogens is 422 g/mol. The summed E-state index contributed by atoms with van der Waals surface area (Å²) in [5, 5.41) is 0. The highest BCUT2D eigenvalue weighted by Crippen LogP contribution is 2.34. The second-order valence-corrected chi connectivity index (χ2v) is 10.5. The molecule has 1 aliphatic carbocycles. The molecule has 0 N–H and O–H groups in total. The molecule has 5 rings (SSSR count). The quantitative estimate of drug-likeness (QED) is 0.726. The molecule has 31 heavy (non-hydrogen) atoms. The van der Waals surface area contributed by atoms with Crippen LogP contribution >= 0.6 is 0 Å². The van der Waals surface area contributed by atoms with Gasteiger partial charge in [-0.1, -0.05) is 6.07 Å². The van der Waals surface area contributed by atoms with Crippen LogP contribution in [0, 0.1) is 17.6 Å². The van der Waals surface area contributed by atoms with E-state index in [1.54, 1.807) is 12.1 Å². The number of sulfonamides is 1. The predicted octanol–water partition coefficient (Wildman–Crippen LogP) is 3.44. The summed E-state index contributed by atoms with van der Waals surface area (Å²) in [5.74, 6) is -1.87. The van der Waals surface area contributed by atoms with Crippen LogP contribution in [0.3, 0.4) is 0 Å². The number of amides is 1. The minimum absolute atomic E-state index is 0.182. The van der Waals surface area contributed by atoms with E-state index < -0.39 is 21.7 Å². The number of fused-ring (bicyclic) bond motifs is 2. The van der Waals surface area contributed by atoms with Crippen molar-refractivity contribution in [1.82, 2.24) is 4.31 Å². The maximum atomic E-state index is 14.0. The fourth-order valence-corrected chi connectivity index (χ4v) is 6.59. The van der Waals surface area contributed by atoms with Gasteiger partial charge in [-0.2, -0.15) is 4.31 Å². The lowest BCUT2D eigenvalue weighted by atomic mass is 9.96. The summed E-state index contributed by atoms with van der Waals surface area (Å²) in [5.41, 5.74) is 3.00. The van der Waals surface area contributed by atoms with Crippen molar-refractivity contribution in [1.29, 1.82) is 0 Å². The zero-order valence-electron chi connectivity index (χ0n) is 17.1. The van der Waals surface area contributed by atoms with Crippen LogP contribution in [-0.4, -0.2) is 38.3 Å². The lowest BCUT2D eigenvalue weighted by Crippen LogP contribution is -2.44.